The largest absolute Gasteiger partial charge is 0.295 e. The van der Waals surface area contributed by atoms with E-state index in [2.05, 4.69) is 0 Å². The lowest BCUT2D eigenvalue weighted by Crippen LogP contribution is -2.07. The fourth-order valence-electron chi connectivity index (χ4n) is 0.711. The van der Waals surface area contributed by atoms with Gasteiger partial charge in [0.15, 0.2) is 0 Å². The second kappa shape index (κ2) is 3.15. The number of carbonyl (C=O) groups is 1. The third-order valence-corrected chi connectivity index (χ3v) is 1.20. The van der Waals surface area contributed by atoms with Gasteiger partial charge in [-0.2, -0.15) is 0 Å². The second-order valence-corrected chi connectivity index (χ2v) is 1.92. The predicted octanol–water partition coefficient (Wildman–Crippen LogP) is 1.49. The van der Waals surface area contributed by atoms with Crippen LogP contribution in [0.2, 0.25) is 0 Å². The fourth-order valence-corrected chi connectivity index (χ4v) is 0.711. The molecule has 1 heterocycles. The number of rotatable bonds is 2. The van der Waals surface area contributed by atoms with E-state index < -0.39 is 6.67 Å². The van der Waals surface area contributed by atoms with Crippen LogP contribution in [0.15, 0.2) is 24.5 Å². The Labute approximate surface area is 58.3 Å². The predicted molar refractivity (Wildman–Crippen MR) is 35.7 cm³/mol. The average Bonchev–Trinajstić information content (AvgIpc) is 2.38. The first-order valence-electron chi connectivity index (χ1n) is 3.06. The molecule has 1 aromatic heterocycles. The molecule has 0 amide bonds. The molecule has 0 spiro atoms. The summed E-state index contributed by atoms with van der Waals surface area (Å²) in [4.78, 5) is 10.8. The highest BCUT2D eigenvalue weighted by molar-refractivity contribution is 5.78. The van der Waals surface area contributed by atoms with E-state index in [9.17, 15) is 9.18 Å². The molecule has 0 bridgehead atoms. The molecule has 0 unspecified atom stereocenters. The number of aromatic nitrogens is 1. The topological polar surface area (TPSA) is 22.0 Å². The Morgan fingerprint density at radius 1 is 1.40 bits per heavy atom. The highest BCUT2D eigenvalue weighted by Gasteiger charge is 2.00. The van der Waals surface area contributed by atoms with Gasteiger partial charge in [0.25, 0.3) is 0 Å². The zero-order valence-corrected chi connectivity index (χ0v) is 5.46. The third-order valence-electron chi connectivity index (χ3n) is 1.20. The van der Waals surface area contributed by atoms with Gasteiger partial charge < -0.3 is 0 Å². The summed E-state index contributed by atoms with van der Waals surface area (Å²) >= 11 is 0. The quantitative estimate of drug-likeness (QED) is 0.611. The molecule has 0 aliphatic heterocycles. The van der Waals surface area contributed by atoms with E-state index in [1.807, 2.05) is 0 Å². The Kier molecular flexibility index (Phi) is 2.20. The molecule has 0 aromatic carbocycles. The highest BCUT2D eigenvalue weighted by atomic mass is 19.1. The van der Waals surface area contributed by atoms with Gasteiger partial charge in [-0.1, -0.05) is 0 Å². The third kappa shape index (κ3) is 1.43. The minimum Gasteiger partial charge on any atom is -0.295 e. The van der Waals surface area contributed by atoms with Gasteiger partial charge in [-0.25, -0.2) is 0 Å². The summed E-state index contributed by atoms with van der Waals surface area (Å²) in [6, 6.07) is 3.46. The van der Waals surface area contributed by atoms with Gasteiger partial charge in [0, 0.05) is 12.4 Å². The monoisotopic (exact) mass is 141 g/mol. The number of halogens is 1. The van der Waals surface area contributed by atoms with E-state index >= 15 is 0 Å². The lowest BCUT2D eigenvalue weighted by Gasteiger charge is -1.95. The molecule has 1 rings (SSSR count). The molecule has 3 heteroatoms. The second-order valence-electron chi connectivity index (χ2n) is 1.92. The molecule has 0 radical (unpaired) electrons. The van der Waals surface area contributed by atoms with Crippen molar-refractivity contribution in [3.63, 3.8) is 0 Å². The van der Waals surface area contributed by atoms with Crippen LogP contribution >= 0.6 is 0 Å². The Morgan fingerprint density at radius 3 is 2.50 bits per heavy atom. The fraction of sp³-hybridized carbons (Fsp3) is 0.286. The summed E-state index contributed by atoms with van der Waals surface area (Å²) in [5.74, 6) is -0.201. The summed E-state index contributed by atoms with van der Waals surface area (Å²) < 4.78 is 13.0. The van der Waals surface area contributed by atoms with Crippen LogP contribution in [-0.2, 0) is 0 Å². The smallest absolute Gasteiger partial charge is 0.233 e. The molecule has 1 aromatic rings. The first-order valence-corrected chi connectivity index (χ1v) is 3.06. The van der Waals surface area contributed by atoms with Gasteiger partial charge in [0.05, 0.1) is 13.1 Å². The first-order chi connectivity index (χ1) is 4.84. The van der Waals surface area contributed by atoms with E-state index in [1.165, 1.54) is 4.57 Å². The van der Waals surface area contributed by atoms with Crippen molar-refractivity contribution in [3.8, 4) is 0 Å². The van der Waals surface area contributed by atoms with Crippen molar-refractivity contribution in [2.24, 2.45) is 0 Å². The van der Waals surface area contributed by atoms with Crippen LogP contribution < -0.4 is 0 Å². The first kappa shape index (κ1) is 6.99. The maximum atomic E-state index is 11.6. The molecule has 0 fully saturated rings. The van der Waals surface area contributed by atoms with Crippen molar-refractivity contribution in [2.45, 2.75) is 6.42 Å². The Morgan fingerprint density at radius 2 is 2.00 bits per heavy atom. The lowest BCUT2D eigenvalue weighted by molar-refractivity contribution is 0.0894. The number of alkyl halides is 1. The van der Waals surface area contributed by atoms with Crippen molar-refractivity contribution in [2.75, 3.05) is 6.67 Å². The molecular formula is C7H8FNO. The number of nitrogens with zero attached hydrogens (tertiary/aromatic N) is 1. The zero-order valence-electron chi connectivity index (χ0n) is 5.46. The van der Waals surface area contributed by atoms with Crippen molar-refractivity contribution in [3.05, 3.63) is 24.5 Å². The number of hydrogen-bond donors (Lipinski definition) is 0. The van der Waals surface area contributed by atoms with Gasteiger partial charge in [-0.05, 0) is 12.1 Å². The van der Waals surface area contributed by atoms with E-state index in [1.54, 1.807) is 24.5 Å². The van der Waals surface area contributed by atoms with Crippen LogP contribution in [0.5, 0.6) is 0 Å². The van der Waals surface area contributed by atoms with E-state index in [0.29, 0.717) is 0 Å². The van der Waals surface area contributed by atoms with Gasteiger partial charge in [-0.15, -0.1) is 0 Å². The summed E-state index contributed by atoms with van der Waals surface area (Å²) in [7, 11) is 0. The summed E-state index contributed by atoms with van der Waals surface area (Å²) in [6.45, 7) is -0.586. The van der Waals surface area contributed by atoms with E-state index in [4.69, 9.17) is 0 Å². The molecule has 0 aliphatic carbocycles. The zero-order chi connectivity index (χ0) is 7.40. The normalized spacial score (nSPS) is 9.70. The molecular weight excluding hydrogens is 133 g/mol. The Balaban J connectivity index is 2.59. The average molecular weight is 141 g/mol. The summed E-state index contributed by atoms with van der Waals surface area (Å²) in [5.41, 5.74) is 0. The van der Waals surface area contributed by atoms with Crippen LogP contribution in [-0.4, -0.2) is 17.1 Å². The van der Waals surface area contributed by atoms with Crippen molar-refractivity contribution in [1.82, 2.24) is 4.57 Å². The number of carbonyl (C=O) groups excluding carboxylic acids is 1. The molecule has 0 N–H and O–H groups in total. The molecule has 10 heavy (non-hydrogen) atoms. The molecule has 54 valence electrons. The Bertz CT molecular complexity index is 205. The molecule has 0 aliphatic rings. The van der Waals surface area contributed by atoms with Crippen LogP contribution in [0.4, 0.5) is 4.39 Å². The van der Waals surface area contributed by atoms with E-state index in [-0.39, 0.29) is 12.3 Å². The van der Waals surface area contributed by atoms with Crippen LogP contribution in [0.3, 0.4) is 0 Å². The summed E-state index contributed by atoms with van der Waals surface area (Å²) in [5, 5.41) is 0. The van der Waals surface area contributed by atoms with Crippen molar-refractivity contribution >= 4 is 5.91 Å². The SMILES string of the molecule is O=C(CCF)n1cccc1. The number of hydrogen-bond acceptors (Lipinski definition) is 1. The maximum absolute atomic E-state index is 11.6. The minimum atomic E-state index is -0.586. The molecule has 2 nitrogen and oxygen atoms in total. The van der Waals surface area contributed by atoms with Gasteiger partial charge in [-0.3, -0.25) is 13.8 Å². The Hall–Kier alpha value is -1.12. The van der Waals surface area contributed by atoms with Crippen LogP contribution in [0.1, 0.15) is 11.2 Å². The van der Waals surface area contributed by atoms with Crippen molar-refractivity contribution in [1.29, 1.82) is 0 Å². The highest BCUT2D eigenvalue weighted by Crippen LogP contribution is 1.93. The summed E-state index contributed by atoms with van der Waals surface area (Å²) in [6.07, 6.45) is 3.19. The van der Waals surface area contributed by atoms with Gasteiger partial charge in [0.2, 0.25) is 5.91 Å². The van der Waals surface area contributed by atoms with Crippen LogP contribution in [0.25, 0.3) is 0 Å². The lowest BCUT2D eigenvalue weighted by atomic mass is 10.4. The standard InChI is InChI=1S/C7H8FNO/c8-4-3-7(10)9-5-1-2-6-9/h1-2,5-6H,3-4H2. The van der Waals surface area contributed by atoms with Gasteiger partial charge in [0.1, 0.15) is 0 Å². The van der Waals surface area contributed by atoms with Gasteiger partial charge >= 0.3 is 0 Å². The van der Waals surface area contributed by atoms with E-state index in [0.717, 1.165) is 0 Å². The van der Waals surface area contributed by atoms with Crippen LogP contribution in [0, 0.1) is 0 Å². The maximum Gasteiger partial charge on any atom is 0.233 e. The minimum absolute atomic E-state index is 0.0331. The molecule has 0 saturated heterocycles. The molecule has 0 saturated carbocycles. The molecule has 0 atom stereocenters. The van der Waals surface area contributed by atoms with Crippen molar-refractivity contribution < 1.29 is 9.18 Å².